The monoisotopic (exact) mass is 239 g/mol. The molecule has 0 aromatic heterocycles. The highest BCUT2D eigenvalue weighted by Gasteiger charge is 2.28. The van der Waals surface area contributed by atoms with Crippen LogP contribution in [0.25, 0.3) is 0 Å². The van der Waals surface area contributed by atoms with Crippen molar-refractivity contribution in [3.63, 3.8) is 0 Å². The molecule has 16 heavy (non-hydrogen) atoms. The van der Waals surface area contributed by atoms with E-state index < -0.39 is 0 Å². The zero-order valence-electron chi connectivity index (χ0n) is 9.58. The summed E-state index contributed by atoms with van der Waals surface area (Å²) in [5.74, 6) is 0.800. The third-order valence-electron chi connectivity index (χ3n) is 3.06. The van der Waals surface area contributed by atoms with Gasteiger partial charge < -0.3 is 10.1 Å². The fraction of sp³-hybridized carbons (Fsp3) is 0.538. The smallest absolute Gasteiger partial charge is 0.0721 e. The lowest BCUT2D eigenvalue weighted by Crippen LogP contribution is -2.36. The van der Waals surface area contributed by atoms with Crippen molar-refractivity contribution in [2.45, 2.75) is 25.6 Å². The van der Waals surface area contributed by atoms with Crippen LogP contribution in [0.1, 0.15) is 18.4 Å². The van der Waals surface area contributed by atoms with E-state index >= 15 is 0 Å². The molecule has 1 aliphatic rings. The van der Waals surface area contributed by atoms with Gasteiger partial charge >= 0.3 is 0 Å². The Kier molecular flexibility index (Phi) is 4.22. The lowest BCUT2D eigenvalue weighted by atomic mass is 9.82. The molecule has 2 nitrogen and oxygen atoms in total. The quantitative estimate of drug-likeness (QED) is 0.853. The molecule has 1 aromatic rings. The maximum Gasteiger partial charge on any atom is 0.0721 e. The van der Waals surface area contributed by atoms with Gasteiger partial charge in [-0.25, -0.2) is 0 Å². The summed E-state index contributed by atoms with van der Waals surface area (Å²) < 4.78 is 5.81. The Morgan fingerprint density at radius 2 is 2.25 bits per heavy atom. The molecular formula is C13H18ClNO. The third-order valence-corrected chi connectivity index (χ3v) is 3.30. The maximum absolute atomic E-state index is 5.91. The van der Waals surface area contributed by atoms with Crippen molar-refractivity contribution in [2.24, 2.45) is 5.92 Å². The van der Waals surface area contributed by atoms with Crippen molar-refractivity contribution < 1.29 is 4.74 Å². The van der Waals surface area contributed by atoms with E-state index in [-0.39, 0.29) is 0 Å². The highest BCUT2D eigenvalue weighted by molar-refractivity contribution is 6.30. The SMILES string of the molecule is CNCC1CC(OCc2cccc(Cl)c2)C1. The summed E-state index contributed by atoms with van der Waals surface area (Å²) in [5.41, 5.74) is 1.16. The van der Waals surface area contributed by atoms with Gasteiger partial charge in [-0.1, -0.05) is 23.7 Å². The molecule has 88 valence electrons. The van der Waals surface area contributed by atoms with Crippen molar-refractivity contribution >= 4 is 11.6 Å². The molecule has 2 rings (SSSR count). The topological polar surface area (TPSA) is 21.3 Å². The van der Waals surface area contributed by atoms with Crippen LogP contribution in [0, 0.1) is 5.92 Å². The van der Waals surface area contributed by atoms with Gasteiger partial charge in [0.2, 0.25) is 0 Å². The normalized spacial score (nSPS) is 24.1. The first-order chi connectivity index (χ1) is 7.78. The Labute approximate surface area is 102 Å². The van der Waals surface area contributed by atoms with E-state index in [1.807, 2.05) is 25.2 Å². The standard InChI is InChI=1S/C13H18ClNO/c1-15-8-11-6-13(7-11)16-9-10-3-2-4-12(14)5-10/h2-5,11,13,15H,6-9H2,1H3. The minimum atomic E-state index is 0.442. The van der Waals surface area contributed by atoms with Crippen LogP contribution >= 0.6 is 11.6 Å². The third kappa shape index (κ3) is 3.21. The van der Waals surface area contributed by atoms with Crippen LogP contribution in [-0.4, -0.2) is 19.7 Å². The Morgan fingerprint density at radius 1 is 1.44 bits per heavy atom. The molecule has 0 bridgehead atoms. The zero-order chi connectivity index (χ0) is 11.4. The second kappa shape index (κ2) is 5.67. The molecular weight excluding hydrogens is 222 g/mol. The van der Waals surface area contributed by atoms with Gasteiger partial charge in [0.15, 0.2) is 0 Å². The molecule has 3 heteroatoms. The summed E-state index contributed by atoms with van der Waals surface area (Å²) in [6.07, 6.45) is 2.81. The summed E-state index contributed by atoms with van der Waals surface area (Å²) in [6.45, 7) is 1.79. The first-order valence-corrected chi connectivity index (χ1v) is 6.16. The lowest BCUT2D eigenvalue weighted by molar-refractivity contribution is -0.0391. The van der Waals surface area contributed by atoms with E-state index in [4.69, 9.17) is 16.3 Å². The predicted molar refractivity (Wildman–Crippen MR) is 66.7 cm³/mol. The van der Waals surface area contributed by atoms with Gasteiger partial charge in [0.05, 0.1) is 12.7 Å². The van der Waals surface area contributed by atoms with E-state index in [0.29, 0.717) is 12.7 Å². The largest absolute Gasteiger partial charge is 0.374 e. The maximum atomic E-state index is 5.91. The summed E-state index contributed by atoms with van der Waals surface area (Å²) in [6, 6.07) is 7.86. The Balaban J connectivity index is 1.69. The van der Waals surface area contributed by atoms with Gasteiger partial charge in [0.25, 0.3) is 0 Å². The zero-order valence-corrected chi connectivity index (χ0v) is 10.3. The number of halogens is 1. The molecule has 0 unspecified atom stereocenters. The van der Waals surface area contributed by atoms with Crippen molar-refractivity contribution in [1.82, 2.24) is 5.32 Å². The molecule has 0 atom stereocenters. The van der Waals surface area contributed by atoms with Crippen LogP contribution in [0.4, 0.5) is 0 Å². The van der Waals surface area contributed by atoms with Crippen molar-refractivity contribution in [1.29, 1.82) is 0 Å². The highest BCUT2D eigenvalue weighted by atomic mass is 35.5. The molecule has 1 saturated carbocycles. The van der Waals surface area contributed by atoms with Gasteiger partial charge in [-0.05, 0) is 50.0 Å². The molecule has 0 saturated heterocycles. The van der Waals surface area contributed by atoms with Crippen molar-refractivity contribution in [2.75, 3.05) is 13.6 Å². The molecule has 1 aromatic carbocycles. The van der Waals surface area contributed by atoms with Gasteiger partial charge in [0.1, 0.15) is 0 Å². The van der Waals surface area contributed by atoms with Gasteiger partial charge in [0, 0.05) is 5.02 Å². The van der Waals surface area contributed by atoms with Crippen molar-refractivity contribution in [3.05, 3.63) is 34.9 Å². The summed E-state index contributed by atoms with van der Waals surface area (Å²) in [5, 5.41) is 3.98. The minimum absolute atomic E-state index is 0.442. The number of hydrogen-bond donors (Lipinski definition) is 1. The number of nitrogens with one attached hydrogen (secondary N) is 1. The summed E-state index contributed by atoms with van der Waals surface area (Å²) in [4.78, 5) is 0. The van der Waals surface area contributed by atoms with Crippen LogP contribution in [0.15, 0.2) is 24.3 Å². The number of benzene rings is 1. The average molecular weight is 240 g/mol. The fourth-order valence-corrected chi connectivity index (χ4v) is 2.32. The van der Waals surface area contributed by atoms with E-state index in [1.165, 1.54) is 12.8 Å². The molecule has 0 radical (unpaired) electrons. The fourth-order valence-electron chi connectivity index (χ4n) is 2.11. The van der Waals surface area contributed by atoms with Crippen LogP contribution in [0.3, 0.4) is 0 Å². The van der Waals surface area contributed by atoms with Crippen molar-refractivity contribution in [3.8, 4) is 0 Å². The number of ether oxygens (including phenoxy) is 1. The molecule has 0 heterocycles. The van der Waals surface area contributed by atoms with Crippen LogP contribution in [0.2, 0.25) is 5.02 Å². The first kappa shape index (κ1) is 11.9. The average Bonchev–Trinajstić information content (AvgIpc) is 2.21. The Bertz CT molecular complexity index is 336. The van der Waals surface area contributed by atoms with Crippen LogP contribution in [0.5, 0.6) is 0 Å². The van der Waals surface area contributed by atoms with Gasteiger partial charge in [-0.3, -0.25) is 0 Å². The van der Waals surface area contributed by atoms with Crippen LogP contribution < -0.4 is 5.32 Å². The van der Waals surface area contributed by atoms with E-state index in [1.54, 1.807) is 0 Å². The van der Waals surface area contributed by atoms with E-state index in [0.717, 1.165) is 23.0 Å². The second-order valence-corrected chi connectivity index (χ2v) is 4.89. The molecule has 1 fully saturated rings. The number of hydrogen-bond acceptors (Lipinski definition) is 2. The summed E-state index contributed by atoms with van der Waals surface area (Å²) in [7, 11) is 2.00. The predicted octanol–water partition coefficient (Wildman–Crippen LogP) is 2.85. The van der Waals surface area contributed by atoms with Gasteiger partial charge in [-0.2, -0.15) is 0 Å². The first-order valence-electron chi connectivity index (χ1n) is 5.78. The van der Waals surface area contributed by atoms with Crippen LogP contribution in [-0.2, 0) is 11.3 Å². The second-order valence-electron chi connectivity index (χ2n) is 4.46. The van der Waals surface area contributed by atoms with Gasteiger partial charge in [-0.15, -0.1) is 0 Å². The molecule has 0 amide bonds. The Hall–Kier alpha value is -0.570. The molecule has 0 aliphatic heterocycles. The lowest BCUT2D eigenvalue weighted by Gasteiger charge is -2.35. The molecule has 0 spiro atoms. The van der Waals surface area contributed by atoms with E-state index in [2.05, 4.69) is 11.4 Å². The molecule has 1 aliphatic carbocycles. The summed E-state index contributed by atoms with van der Waals surface area (Å²) >= 11 is 5.91. The number of rotatable bonds is 5. The highest BCUT2D eigenvalue weighted by Crippen LogP contribution is 2.30. The minimum Gasteiger partial charge on any atom is -0.374 e. The Morgan fingerprint density at radius 3 is 2.94 bits per heavy atom. The van der Waals surface area contributed by atoms with E-state index in [9.17, 15) is 0 Å². The molecule has 1 N–H and O–H groups in total.